The van der Waals surface area contributed by atoms with Gasteiger partial charge in [-0.15, -0.1) is 0 Å². The van der Waals surface area contributed by atoms with Gasteiger partial charge in [-0.3, -0.25) is 14.6 Å². The van der Waals surface area contributed by atoms with E-state index in [4.69, 9.17) is 0 Å². The van der Waals surface area contributed by atoms with E-state index in [0.29, 0.717) is 23.4 Å². The molecule has 0 saturated heterocycles. The number of aromatic nitrogens is 1. The molecule has 0 unspecified atom stereocenters. The van der Waals surface area contributed by atoms with Gasteiger partial charge in [0.15, 0.2) is 0 Å². The third-order valence-corrected chi connectivity index (χ3v) is 2.67. The molecule has 1 heterocycles. The summed E-state index contributed by atoms with van der Waals surface area (Å²) in [6.07, 6.45) is 3.11. The molecule has 102 valence electrons. The lowest BCUT2D eigenvalue weighted by Gasteiger charge is -2.06. The molecule has 0 spiro atoms. The van der Waals surface area contributed by atoms with Crippen molar-refractivity contribution in [2.75, 3.05) is 11.9 Å². The second kappa shape index (κ2) is 6.47. The lowest BCUT2D eigenvalue weighted by molar-refractivity contribution is 0.0955. The molecule has 0 bridgehead atoms. The summed E-state index contributed by atoms with van der Waals surface area (Å²) in [6, 6.07) is 10.1. The maximum absolute atomic E-state index is 11.9. The molecule has 0 aliphatic carbocycles. The van der Waals surface area contributed by atoms with Gasteiger partial charge < -0.3 is 10.6 Å². The molecule has 1 aromatic heterocycles. The van der Waals surface area contributed by atoms with Crippen LogP contribution in [0.15, 0.2) is 48.8 Å². The molecule has 5 nitrogen and oxygen atoms in total. The van der Waals surface area contributed by atoms with Crippen LogP contribution in [0, 0.1) is 0 Å². The Morgan fingerprint density at radius 2 is 1.80 bits per heavy atom. The largest absolute Gasteiger partial charge is 0.352 e. The Labute approximate surface area is 117 Å². The fourth-order valence-electron chi connectivity index (χ4n) is 1.67. The van der Waals surface area contributed by atoms with Crippen molar-refractivity contribution < 1.29 is 9.59 Å². The highest BCUT2D eigenvalue weighted by Crippen LogP contribution is 2.11. The van der Waals surface area contributed by atoms with Crippen LogP contribution >= 0.6 is 0 Å². The van der Waals surface area contributed by atoms with Crippen molar-refractivity contribution in [2.45, 2.75) is 6.92 Å². The average molecular weight is 269 g/mol. The predicted molar refractivity (Wildman–Crippen MR) is 76.6 cm³/mol. The number of anilines is 1. The minimum atomic E-state index is -0.233. The fourth-order valence-corrected chi connectivity index (χ4v) is 1.67. The maximum Gasteiger partial charge on any atom is 0.257 e. The van der Waals surface area contributed by atoms with Gasteiger partial charge in [-0.1, -0.05) is 0 Å². The molecule has 2 rings (SSSR count). The van der Waals surface area contributed by atoms with Gasteiger partial charge in [0.25, 0.3) is 11.8 Å². The monoisotopic (exact) mass is 269 g/mol. The molecule has 20 heavy (non-hydrogen) atoms. The zero-order chi connectivity index (χ0) is 14.4. The maximum atomic E-state index is 11.9. The Balaban J connectivity index is 2.04. The molecule has 0 fully saturated rings. The first kappa shape index (κ1) is 13.7. The molecule has 5 heteroatoms. The lowest BCUT2D eigenvalue weighted by atomic mass is 10.2. The number of hydrogen-bond donors (Lipinski definition) is 2. The highest BCUT2D eigenvalue weighted by Gasteiger charge is 2.07. The smallest absolute Gasteiger partial charge is 0.257 e. The molecular formula is C15H15N3O2. The van der Waals surface area contributed by atoms with Gasteiger partial charge in [0.1, 0.15) is 0 Å². The number of carbonyl (C=O) groups excluding carboxylic acids is 2. The van der Waals surface area contributed by atoms with E-state index in [0.717, 1.165) is 0 Å². The van der Waals surface area contributed by atoms with E-state index >= 15 is 0 Å². The Morgan fingerprint density at radius 1 is 1.05 bits per heavy atom. The minimum Gasteiger partial charge on any atom is -0.352 e. The third-order valence-electron chi connectivity index (χ3n) is 2.67. The van der Waals surface area contributed by atoms with Gasteiger partial charge in [0.05, 0.1) is 5.56 Å². The van der Waals surface area contributed by atoms with Crippen LogP contribution in [0.2, 0.25) is 0 Å². The van der Waals surface area contributed by atoms with Gasteiger partial charge >= 0.3 is 0 Å². The van der Waals surface area contributed by atoms with E-state index in [9.17, 15) is 9.59 Å². The van der Waals surface area contributed by atoms with Crippen molar-refractivity contribution in [3.63, 3.8) is 0 Å². The number of rotatable bonds is 4. The number of nitrogens with zero attached hydrogens (tertiary/aromatic N) is 1. The van der Waals surface area contributed by atoms with Crippen LogP contribution in [0.25, 0.3) is 0 Å². The van der Waals surface area contributed by atoms with Crippen molar-refractivity contribution >= 4 is 17.5 Å². The van der Waals surface area contributed by atoms with Gasteiger partial charge in [0, 0.05) is 30.2 Å². The van der Waals surface area contributed by atoms with Crippen molar-refractivity contribution in [3.8, 4) is 0 Å². The van der Waals surface area contributed by atoms with Crippen LogP contribution in [-0.4, -0.2) is 23.3 Å². The van der Waals surface area contributed by atoms with Crippen LogP contribution in [-0.2, 0) is 0 Å². The van der Waals surface area contributed by atoms with E-state index in [2.05, 4.69) is 15.6 Å². The summed E-state index contributed by atoms with van der Waals surface area (Å²) in [7, 11) is 0. The number of nitrogens with one attached hydrogen (secondary N) is 2. The van der Waals surface area contributed by atoms with E-state index in [1.54, 1.807) is 42.6 Å². The highest BCUT2D eigenvalue weighted by molar-refractivity contribution is 6.04. The summed E-state index contributed by atoms with van der Waals surface area (Å²) >= 11 is 0. The third kappa shape index (κ3) is 3.41. The second-order valence-corrected chi connectivity index (χ2v) is 4.13. The summed E-state index contributed by atoms with van der Waals surface area (Å²) in [5.74, 6) is -0.360. The number of pyridine rings is 1. The number of amides is 2. The second-order valence-electron chi connectivity index (χ2n) is 4.13. The zero-order valence-corrected chi connectivity index (χ0v) is 11.1. The molecule has 2 amide bonds. The van der Waals surface area contributed by atoms with Gasteiger partial charge in [-0.2, -0.15) is 0 Å². The first-order chi connectivity index (χ1) is 9.70. The molecule has 1 aromatic carbocycles. The average Bonchev–Trinajstić information content (AvgIpc) is 2.49. The predicted octanol–water partition coefficient (Wildman–Crippen LogP) is 2.08. The molecule has 0 atom stereocenters. The molecule has 2 N–H and O–H groups in total. The molecule has 0 saturated carbocycles. The van der Waals surface area contributed by atoms with Gasteiger partial charge in [0.2, 0.25) is 0 Å². The van der Waals surface area contributed by atoms with E-state index in [-0.39, 0.29) is 11.8 Å². The van der Waals surface area contributed by atoms with Gasteiger partial charge in [-0.25, -0.2) is 0 Å². The van der Waals surface area contributed by atoms with Crippen molar-refractivity contribution in [3.05, 3.63) is 59.9 Å². The Morgan fingerprint density at radius 3 is 2.40 bits per heavy atom. The van der Waals surface area contributed by atoms with Crippen molar-refractivity contribution in [1.29, 1.82) is 0 Å². The van der Waals surface area contributed by atoms with Crippen LogP contribution in [0.5, 0.6) is 0 Å². The van der Waals surface area contributed by atoms with Crippen molar-refractivity contribution in [1.82, 2.24) is 10.3 Å². The Kier molecular flexibility index (Phi) is 4.44. The minimum absolute atomic E-state index is 0.127. The van der Waals surface area contributed by atoms with Crippen LogP contribution in [0.4, 0.5) is 5.69 Å². The highest BCUT2D eigenvalue weighted by atomic mass is 16.2. The number of benzene rings is 1. The van der Waals surface area contributed by atoms with E-state index in [1.165, 1.54) is 6.20 Å². The Bertz CT molecular complexity index is 594. The number of hydrogen-bond acceptors (Lipinski definition) is 3. The van der Waals surface area contributed by atoms with Crippen LogP contribution in [0.3, 0.4) is 0 Å². The Hall–Kier alpha value is -2.69. The molecule has 0 aliphatic heterocycles. The van der Waals surface area contributed by atoms with Gasteiger partial charge in [-0.05, 0) is 43.3 Å². The van der Waals surface area contributed by atoms with E-state index in [1.807, 2.05) is 6.92 Å². The standard InChI is InChI=1S/C15H15N3O2/c1-2-17-14(19)11-5-7-13(8-6-11)18-15(20)12-4-3-9-16-10-12/h3-10H,2H2,1H3,(H,17,19)(H,18,20). The zero-order valence-electron chi connectivity index (χ0n) is 11.1. The molecule has 0 radical (unpaired) electrons. The van der Waals surface area contributed by atoms with Crippen LogP contribution < -0.4 is 10.6 Å². The quantitative estimate of drug-likeness (QED) is 0.892. The fraction of sp³-hybridized carbons (Fsp3) is 0.133. The normalized spacial score (nSPS) is 9.85. The SMILES string of the molecule is CCNC(=O)c1ccc(NC(=O)c2cccnc2)cc1. The molecular weight excluding hydrogens is 254 g/mol. The topological polar surface area (TPSA) is 71.1 Å². The molecule has 2 aromatic rings. The lowest BCUT2D eigenvalue weighted by Crippen LogP contribution is -2.22. The summed E-state index contributed by atoms with van der Waals surface area (Å²) in [5, 5.41) is 5.46. The summed E-state index contributed by atoms with van der Waals surface area (Å²) in [5.41, 5.74) is 1.68. The van der Waals surface area contributed by atoms with E-state index < -0.39 is 0 Å². The first-order valence-electron chi connectivity index (χ1n) is 6.30. The number of carbonyl (C=O) groups is 2. The summed E-state index contributed by atoms with van der Waals surface area (Å²) in [6.45, 7) is 2.44. The van der Waals surface area contributed by atoms with Crippen molar-refractivity contribution in [2.24, 2.45) is 0 Å². The summed E-state index contributed by atoms with van der Waals surface area (Å²) < 4.78 is 0. The molecule has 0 aliphatic rings. The first-order valence-corrected chi connectivity index (χ1v) is 6.30. The van der Waals surface area contributed by atoms with Crippen LogP contribution in [0.1, 0.15) is 27.6 Å². The summed E-state index contributed by atoms with van der Waals surface area (Å²) in [4.78, 5) is 27.4.